The van der Waals surface area contributed by atoms with Crippen molar-refractivity contribution in [1.29, 1.82) is 0 Å². The SMILES string of the molecule is [CH2]=[Zr+2]([CH]1C=C(O[Si](C(C)C)(C(C)C)C(C)C)c2cccc(O[Si](C(C)C)(C(C)C)C(C)C)c21)[CH]1C=C(O[Si](C(C)C)(C(C)C)C(C)C)c2cccc(O[Si](C(C)C)(C(C)C)C(C)C)c21.[Cl-].[Cl-]. The maximum absolute atomic E-state index is 7.81. The number of fused-ring (bicyclic) bond motifs is 2. The summed E-state index contributed by atoms with van der Waals surface area (Å²) in [7, 11) is -9.27. The molecule has 2 atom stereocenters. The van der Waals surface area contributed by atoms with Crippen molar-refractivity contribution in [3.05, 3.63) is 70.8 Å². The Bertz CT molecular complexity index is 1770. The Labute approximate surface area is 431 Å². The molecule has 4 rings (SSSR count). The van der Waals surface area contributed by atoms with Gasteiger partial charge in [0.2, 0.25) is 0 Å². The fourth-order valence-corrected chi connectivity index (χ4v) is 41.2. The van der Waals surface area contributed by atoms with Gasteiger partial charge < -0.3 is 24.8 Å². The second-order valence-corrected chi connectivity index (χ2v) is 51.1. The molecule has 374 valence electrons. The Morgan fingerprint density at radius 2 is 0.576 bits per heavy atom. The Morgan fingerprint density at radius 3 is 0.788 bits per heavy atom. The molecule has 66 heavy (non-hydrogen) atoms. The molecule has 0 heterocycles. The van der Waals surface area contributed by atoms with E-state index < -0.39 is 54.5 Å². The zero-order valence-corrected chi connectivity index (χ0v) is 54.3. The maximum atomic E-state index is 7.81. The molecule has 0 aromatic heterocycles. The van der Waals surface area contributed by atoms with Gasteiger partial charge >= 0.3 is 410 Å². The quantitative estimate of drug-likeness (QED) is 0.110. The van der Waals surface area contributed by atoms with E-state index in [2.05, 4.69) is 215 Å². The molecule has 0 radical (unpaired) electrons. The van der Waals surface area contributed by atoms with Gasteiger partial charge in [0, 0.05) is 0 Å². The first-order valence-electron chi connectivity index (χ1n) is 25.7. The first-order valence-corrected chi connectivity index (χ1v) is 38.8. The predicted octanol–water partition coefficient (Wildman–Crippen LogP) is 12.7. The van der Waals surface area contributed by atoms with E-state index in [1.54, 1.807) is 0 Å². The molecule has 0 aliphatic heterocycles. The van der Waals surface area contributed by atoms with Crippen LogP contribution in [-0.2, 0) is 30.1 Å². The van der Waals surface area contributed by atoms with Gasteiger partial charge in [-0.25, -0.2) is 0 Å². The van der Waals surface area contributed by atoms with Crippen molar-refractivity contribution in [3.8, 4) is 11.5 Å². The number of halogens is 2. The molecule has 2 aliphatic carbocycles. The third kappa shape index (κ3) is 10.7. The summed E-state index contributed by atoms with van der Waals surface area (Å²) in [5, 5.41) is 0. The summed E-state index contributed by atoms with van der Waals surface area (Å²) in [4.78, 5) is 0. The van der Waals surface area contributed by atoms with E-state index in [0.717, 1.165) is 23.0 Å². The van der Waals surface area contributed by atoms with Crippen molar-refractivity contribution in [1.82, 2.24) is 0 Å². The molecular formula is C55H96Cl2O4Si4Zr. The Balaban J connectivity index is 0.00000748. The molecule has 0 N–H and O–H groups in total. The van der Waals surface area contributed by atoms with Gasteiger partial charge in [-0.15, -0.1) is 0 Å². The fraction of sp³-hybridized carbons (Fsp3) is 0.691. The number of rotatable bonds is 22. The van der Waals surface area contributed by atoms with Crippen LogP contribution in [0.2, 0.25) is 66.5 Å². The largest absolute Gasteiger partial charge is 1.00 e. The van der Waals surface area contributed by atoms with Crippen LogP contribution in [0.25, 0.3) is 11.5 Å². The Hall–Kier alpha value is -0.679. The van der Waals surface area contributed by atoms with Gasteiger partial charge in [0.15, 0.2) is 0 Å². The van der Waals surface area contributed by atoms with E-state index >= 15 is 0 Å². The van der Waals surface area contributed by atoms with Crippen LogP contribution < -0.4 is 33.7 Å². The molecule has 2 aromatic rings. The first kappa shape index (κ1) is 61.4. The van der Waals surface area contributed by atoms with Crippen molar-refractivity contribution >= 4 is 49.0 Å². The third-order valence-electron chi connectivity index (χ3n) is 16.7. The normalized spacial score (nSPS) is 16.8. The molecule has 2 aromatic carbocycles. The van der Waals surface area contributed by atoms with Gasteiger partial charge in [0.05, 0.1) is 0 Å². The third-order valence-corrected chi connectivity index (χ3v) is 46.8. The van der Waals surface area contributed by atoms with Gasteiger partial charge in [-0.1, -0.05) is 0 Å². The smallest absolute Gasteiger partial charge is 1.00 e. The molecule has 2 unspecified atom stereocenters. The number of benzene rings is 2. The van der Waals surface area contributed by atoms with E-state index in [9.17, 15) is 0 Å². The standard InChI is InChI=1S/2C27H47O2Si2.CH2.2ClH.Zr/c2*1-18(2)30(19(3)4,20(5)6)28-26-15-13-14-24-25(26)16-17-27(24)29-31(21(7)8,22(9)10)23(11)12;;;;/h2*13-23H,1-12H3;1H2;2*1H;/q;;;;;+2/p-2. The second-order valence-electron chi connectivity index (χ2n) is 23.7. The summed E-state index contributed by atoms with van der Waals surface area (Å²) in [5.41, 5.74) is 10.6. The number of hydrogen-bond acceptors (Lipinski definition) is 4. The van der Waals surface area contributed by atoms with E-state index in [0.29, 0.717) is 66.5 Å². The molecule has 0 saturated heterocycles. The average Bonchev–Trinajstić information content (AvgIpc) is 3.74. The maximum Gasteiger partial charge on any atom is -1.00 e. The van der Waals surface area contributed by atoms with E-state index in [4.69, 9.17) is 21.9 Å². The number of allylic oxidation sites excluding steroid dienone is 2. The van der Waals surface area contributed by atoms with E-state index in [-0.39, 0.29) is 32.1 Å². The van der Waals surface area contributed by atoms with Crippen molar-refractivity contribution in [2.75, 3.05) is 0 Å². The summed E-state index contributed by atoms with van der Waals surface area (Å²) in [5.74, 6) is 4.32. The minimum Gasteiger partial charge on any atom is -1.00 e. The number of hydrogen-bond donors (Lipinski definition) is 0. The molecule has 11 heteroatoms. The zero-order chi connectivity index (χ0) is 48.8. The van der Waals surface area contributed by atoms with Gasteiger partial charge in [-0.3, -0.25) is 0 Å². The van der Waals surface area contributed by atoms with Crippen LogP contribution in [0.3, 0.4) is 0 Å². The molecule has 0 saturated carbocycles. The van der Waals surface area contributed by atoms with Gasteiger partial charge in [0.1, 0.15) is 0 Å². The summed E-state index contributed by atoms with van der Waals surface area (Å²) >= 11 is -2.99. The van der Waals surface area contributed by atoms with E-state index in [1.807, 2.05) is 0 Å². The molecular weight excluding hydrogens is 999 g/mol. The second kappa shape index (κ2) is 23.7. The van der Waals surface area contributed by atoms with Crippen molar-refractivity contribution in [2.24, 2.45) is 0 Å². The summed E-state index contributed by atoms with van der Waals surface area (Å²) in [6.45, 7) is 57.7. The Morgan fingerprint density at radius 1 is 0.364 bits per heavy atom. The van der Waals surface area contributed by atoms with E-state index in [1.165, 1.54) is 22.3 Å². The predicted molar refractivity (Wildman–Crippen MR) is 289 cm³/mol. The van der Waals surface area contributed by atoms with Crippen LogP contribution in [0.5, 0.6) is 11.5 Å². The summed E-state index contributed by atoms with van der Waals surface area (Å²) in [6.07, 6.45) is 5.14. The van der Waals surface area contributed by atoms with Gasteiger partial charge in [-0.2, -0.15) is 0 Å². The van der Waals surface area contributed by atoms with Crippen LogP contribution in [0, 0.1) is 0 Å². The molecule has 0 bridgehead atoms. The van der Waals surface area contributed by atoms with Crippen LogP contribution >= 0.6 is 0 Å². The zero-order valence-electron chi connectivity index (χ0n) is 46.3. The average molecular weight is 1100 g/mol. The Kier molecular flexibility index (Phi) is 22.1. The van der Waals surface area contributed by atoms with Gasteiger partial charge in [0.25, 0.3) is 0 Å². The van der Waals surface area contributed by atoms with Crippen molar-refractivity contribution in [2.45, 2.75) is 240 Å². The molecule has 0 fully saturated rings. The van der Waals surface area contributed by atoms with Crippen LogP contribution in [0.15, 0.2) is 48.6 Å². The minimum absolute atomic E-state index is 0. The molecule has 4 nitrogen and oxygen atoms in total. The van der Waals surface area contributed by atoms with Crippen LogP contribution in [-0.4, -0.2) is 37.5 Å². The molecule has 0 amide bonds. The fourth-order valence-electron chi connectivity index (χ4n) is 14.1. The van der Waals surface area contributed by atoms with Crippen LogP contribution in [0.1, 0.15) is 196 Å². The van der Waals surface area contributed by atoms with Crippen molar-refractivity contribution in [3.63, 3.8) is 0 Å². The topological polar surface area (TPSA) is 36.9 Å². The van der Waals surface area contributed by atoms with Crippen molar-refractivity contribution < 1.29 is 63.8 Å². The molecule has 2 aliphatic rings. The minimum atomic E-state index is -2.99. The summed E-state index contributed by atoms with van der Waals surface area (Å²) < 4.78 is 37.0. The summed E-state index contributed by atoms with van der Waals surface area (Å²) in [6, 6.07) is 13.8. The van der Waals surface area contributed by atoms with Gasteiger partial charge in [-0.05, 0) is 0 Å². The van der Waals surface area contributed by atoms with Crippen LogP contribution in [0.4, 0.5) is 0 Å². The molecule has 0 spiro atoms. The monoisotopic (exact) mass is 1090 g/mol. The first-order chi connectivity index (χ1) is 29.5.